The van der Waals surface area contributed by atoms with Gasteiger partial charge in [0.2, 0.25) is 0 Å². The lowest BCUT2D eigenvalue weighted by Crippen LogP contribution is -2.43. The number of carbonyl (C=O) groups is 2. The monoisotopic (exact) mass is 611 g/mol. The molecule has 1 fully saturated rings. The molecular formula is C35H37N3O5S. The quantitative estimate of drug-likeness (QED) is 0.114. The van der Waals surface area contributed by atoms with Gasteiger partial charge in [-0.25, -0.2) is 4.79 Å². The first kappa shape index (κ1) is 31.3. The van der Waals surface area contributed by atoms with E-state index in [-0.39, 0.29) is 24.6 Å². The molecule has 0 aromatic heterocycles. The van der Waals surface area contributed by atoms with Gasteiger partial charge < -0.3 is 30.9 Å². The number of nitrogens with one attached hydrogen (secondary N) is 2. The van der Waals surface area contributed by atoms with Crippen molar-refractivity contribution in [2.75, 3.05) is 16.8 Å². The van der Waals surface area contributed by atoms with Crippen molar-refractivity contribution in [3.05, 3.63) is 125 Å². The van der Waals surface area contributed by atoms with Crippen molar-refractivity contribution >= 4 is 35.0 Å². The molecule has 1 aliphatic heterocycles. The Labute approximate surface area is 262 Å². The highest BCUT2D eigenvalue weighted by Gasteiger charge is 2.32. The SMILES string of the molecule is CC(=O)C(Cc1ccccc1)NC(=O)Nc1cccc(C2OC(CSc3ccccc3N)CC(c3ccc(CO)cc3)O2)c1. The van der Waals surface area contributed by atoms with Crippen molar-refractivity contribution in [1.29, 1.82) is 0 Å². The maximum atomic E-state index is 12.9. The van der Waals surface area contributed by atoms with E-state index in [0.29, 0.717) is 24.3 Å². The van der Waals surface area contributed by atoms with Crippen LogP contribution in [0.15, 0.2) is 108 Å². The second kappa shape index (κ2) is 15.0. The number of hydrogen-bond donors (Lipinski definition) is 4. The number of thioether (sulfide) groups is 1. The fourth-order valence-electron chi connectivity index (χ4n) is 5.05. The lowest BCUT2D eigenvalue weighted by molar-refractivity contribution is -0.245. The molecule has 0 radical (unpaired) electrons. The van der Waals surface area contributed by atoms with Crippen molar-refractivity contribution in [2.24, 2.45) is 0 Å². The number of aliphatic hydroxyl groups excluding tert-OH is 1. The number of urea groups is 1. The number of Topliss-reactive ketones (excluding diaryl/α,β-unsaturated/α-hetero) is 1. The largest absolute Gasteiger partial charge is 0.398 e. The summed E-state index contributed by atoms with van der Waals surface area (Å²) >= 11 is 1.64. The Morgan fingerprint density at radius 3 is 2.39 bits per heavy atom. The molecular weight excluding hydrogens is 574 g/mol. The van der Waals surface area contributed by atoms with Crippen LogP contribution < -0.4 is 16.4 Å². The van der Waals surface area contributed by atoms with Crippen LogP contribution in [0.2, 0.25) is 0 Å². The number of nitrogens with two attached hydrogens (primary N) is 1. The van der Waals surface area contributed by atoms with E-state index in [1.165, 1.54) is 6.92 Å². The second-order valence-electron chi connectivity index (χ2n) is 10.8. The van der Waals surface area contributed by atoms with E-state index in [2.05, 4.69) is 10.6 Å². The third-order valence-corrected chi connectivity index (χ3v) is 8.68. The summed E-state index contributed by atoms with van der Waals surface area (Å²) in [6.07, 6.45) is -0.0206. The van der Waals surface area contributed by atoms with Crippen LogP contribution in [0.1, 0.15) is 48.0 Å². The highest BCUT2D eigenvalue weighted by atomic mass is 32.2. The van der Waals surface area contributed by atoms with Gasteiger partial charge in [-0.1, -0.05) is 78.9 Å². The van der Waals surface area contributed by atoms with E-state index in [9.17, 15) is 14.7 Å². The van der Waals surface area contributed by atoms with Crippen LogP contribution >= 0.6 is 11.8 Å². The van der Waals surface area contributed by atoms with Gasteiger partial charge in [0.15, 0.2) is 12.1 Å². The Morgan fingerprint density at radius 2 is 1.66 bits per heavy atom. The molecule has 0 aliphatic carbocycles. The first-order valence-corrected chi connectivity index (χ1v) is 15.6. The van der Waals surface area contributed by atoms with Crippen LogP contribution in [0.25, 0.3) is 0 Å². The summed E-state index contributed by atoms with van der Waals surface area (Å²) in [6, 6.07) is 31.3. The average molecular weight is 612 g/mol. The number of para-hydroxylation sites is 1. The smallest absolute Gasteiger partial charge is 0.319 e. The normalized spacial score (nSPS) is 18.7. The number of aliphatic hydroxyl groups is 1. The molecule has 0 bridgehead atoms. The lowest BCUT2D eigenvalue weighted by Gasteiger charge is -2.36. The maximum absolute atomic E-state index is 12.9. The fourth-order valence-corrected chi connectivity index (χ4v) is 6.04. The Bertz CT molecular complexity index is 1550. The van der Waals surface area contributed by atoms with E-state index in [0.717, 1.165) is 32.8 Å². The van der Waals surface area contributed by atoms with Gasteiger partial charge in [-0.2, -0.15) is 0 Å². The first-order chi connectivity index (χ1) is 21.4. The van der Waals surface area contributed by atoms with Gasteiger partial charge in [0, 0.05) is 34.0 Å². The summed E-state index contributed by atoms with van der Waals surface area (Å²) in [5.74, 6) is 0.550. The van der Waals surface area contributed by atoms with Crippen LogP contribution in [0.4, 0.5) is 16.2 Å². The standard InChI is InChI=1S/C35H37N3O5S/c1-23(40)31(18-24-8-3-2-4-9-24)38-35(41)37-28-11-7-10-27(19-28)34-42-29(22-44-33-13-6-5-12-30(33)36)20-32(43-34)26-16-14-25(21-39)15-17-26/h2-17,19,29,31-32,34,39H,18,20-22,36H2,1H3,(H2,37,38,41). The van der Waals surface area contributed by atoms with E-state index in [4.69, 9.17) is 15.2 Å². The average Bonchev–Trinajstić information content (AvgIpc) is 3.04. The molecule has 5 N–H and O–H groups in total. The molecule has 2 amide bonds. The van der Waals surface area contributed by atoms with Gasteiger partial charge in [0.1, 0.15) is 0 Å². The third kappa shape index (κ3) is 8.48. The second-order valence-corrected chi connectivity index (χ2v) is 11.8. The summed E-state index contributed by atoms with van der Waals surface area (Å²) in [7, 11) is 0. The summed E-state index contributed by atoms with van der Waals surface area (Å²) in [6.45, 7) is 1.45. The molecule has 228 valence electrons. The summed E-state index contributed by atoms with van der Waals surface area (Å²) < 4.78 is 12.9. The van der Waals surface area contributed by atoms with Gasteiger partial charge in [-0.3, -0.25) is 4.79 Å². The molecule has 4 aromatic rings. The highest BCUT2D eigenvalue weighted by molar-refractivity contribution is 7.99. The molecule has 1 heterocycles. The molecule has 5 rings (SSSR count). The fraction of sp³-hybridized carbons (Fsp3) is 0.257. The van der Waals surface area contributed by atoms with Crippen LogP contribution in [0.5, 0.6) is 0 Å². The summed E-state index contributed by atoms with van der Waals surface area (Å²) in [5.41, 5.74) is 11.0. The van der Waals surface area contributed by atoms with Gasteiger partial charge >= 0.3 is 6.03 Å². The zero-order chi connectivity index (χ0) is 30.9. The molecule has 8 nitrogen and oxygen atoms in total. The Hall–Kier alpha value is -4.15. The minimum Gasteiger partial charge on any atom is -0.398 e. The van der Waals surface area contributed by atoms with Crippen molar-refractivity contribution < 1.29 is 24.2 Å². The predicted molar refractivity (Wildman–Crippen MR) is 173 cm³/mol. The van der Waals surface area contributed by atoms with Crippen molar-refractivity contribution in [3.63, 3.8) is 0 Å². The summed E-state index contributed by atoms with van der Waals surface area (Å²) in [5, 5.41) is 15.1. The van der Waals surface area contributed by atoms with E-state index in [1.54, 1.807) is 17.8 Å². The van der Waals surface area contributed by atoms with Crippen LogP contribution in [0, 0.1) is 0 Å². The molecule has 4 aromatic carbocycles. The van der Waals surface area contributed by atoms with Crippen molar-refractivity contribution in [3.8, 4) is 0 Å². The highest BCUT2D eigenvalue weighted by Crippen LogP contribution is 2.40. The number of carbonyl (C=O) groups excluding carboxylic acids is 2. The van der Waals surface area contributed by atoms with Crippen LogP contribution in [-0.2, 0) is 27.3 Å². The number of anilines is 2. The molecule has 0 saturated carbocycles. The summed E-state index contributed by atoms with van der Waals surface area (Å²) in [4.78, 5) is 26.2. The molecule has 0 spiro atoms. The van der Waals surface area contributed by atoms with Gasteiger partial charge in [0.25, 0.3) is 0 Å². The zero-order valence-corrected chi connectivity index (χ0v) is 25.3. The number of rotatable bonds is 11. The van der Waals surface area contributed by atoms with E-state index < -0.39 is 18.4 Å². The van der Waals surface area contributed by atoms with Gasteiger partial charge in [0.05, 0.1) is 24.9 Å². The Kier molecular flexibility index (Phi) is 10.7. The van der Waals surface area contributed by atoms with E-state index >= 15 is 0 Å². The molecule has 4 atom stereocenters. The van der Waals surface area contributed by atoms with Crippen LogP contribution in [0.3, 0.4) is 0 Å². The number of nitrogen functional groups attached to an aromatic ring is 1. The van der Waals surface area contributed by atoms with Gasteiger partial charge in [-0.05, 0) is 54.3 Å². The Morgan fingerprint density at radius 1 is 0.909 bits per heavy atom. The minimum absolute atomic E-state index is 0.0257. The third-order valence-electron chi connectivity index (χ3n) is 7.45. The van der Waals surface area contributed by atoms with Crippen molar-refractivity contribution in [1.82, 2.24) is 5.32 Å². The molecule has 4 unspecified atom stereocenters. The number of ketones is 1. The molecule has 44 heavy (non-hydrogen) atoms. The molecule has 1 aliphatic rings. The van der Waals surface area contributed by atoms with Crippen molar-refractivity contribution in [2.45, 2.75) is 55.8 Å². The number of benzene rings is 4. The van der Waals surface area contributed by atoms with Gasteiger partial charge in [-0.15, -0.1) is 11.8 Å². The zero-order valence-electron chi connectivity index (χ0n) is 24.5. The number of ether oxygens (including phenoxy) is 2. The van der Waals surface area contributed by atoms with Crippen LogP contribution in [-0.4, -0.2) is 34.8 Å². The number of hydrogen-bond acceptors (Lipinski definition) is 7. The minimum atomic E-state index is -0.683. The predicted octanol–water partition coefficient (Wildman–Crippen LogP) is 6.42. The number of amides is 2. The Balaban J connectivity index is 1.30. The lowest BCUT2D eigenvalue weighted by atomic mass is 10.0. The van der Waals surface area contributed by atoms with E-state index in [1.807, 2.05) is 97.1 Å². The maximum Gasteiger partial charge on any atom is 0.319 e. The molecule has 1 saturated heterocycles. The first-order valence-electron chi connectivity index (χ1n) is 14.6. The topological polar surface area (TPSA) is 123 Å². The molecule has 9 heteroatoms.